The lowest BCUT2D eigenvalue weighted by atomic mass is 10.2. The molecule has 6 heteroatoms. The molecule has 118 valence electrons. The Balaban J connectivity index is 1.73. The van der Waals surface area contributed by atoms with Crippen molar-refractivity contribution >= 4 is 16.7 Å². The Bertz CT molecular complexity index is 775. The third kappa shape index (κ3) is 3.43. The summed E-state index contributed by atoms with van der Waals surface area (Å²) in [5, 5.41) is 4.06. The number of methoxy groups -OCH3 is 2. The summed E-state index contributed by atoms with van der Waals surface area (Å²) < 4.78 is 15.1. The molecule has 1 N–H and O–H groups in total. The molecule has 0 unspecified atom stereocenters. The first-order valence-electron chi connectivity index (χ1n) is 7.14. The molecule has 0 bridgehead atoms. The van der Waals surface area contributed by atoms with E-state index in [1.165, 1.54) is 11.5 Å². The molecule has 3 aromatic rings. The van der Waals surface area contributed by atoms with Gasteiger partial charge in [0, 0.05) is 29.2 Å². The first-order chi connectivity index (χ1) is 11.3. The number of nitrogens with one attached hydrogen (secondary N) is 1. The van der Waals surface area contributed by atoms with E-state index in [4.69, 9.17) is 9.47 Å². The number of ether oxygens (including phenoxy) is 2. The Labute approximate surface area is 139 Å². The van der Waals surface area contributed by atoms with Crippen molar-refractivity contribution in [2.24, 2.45) is 0 Å². The summed E-state index contributed by atoms with van der Waals surface area (Å²) in [6.07, 6.45) is 0. The van der Waals surface area contributed by atoms with Gasteiger partial charge >= 0.3 is 0 Å². The fraction of sp³-hybridized carbons (Fsp3) is 0.176. The van der Waals surface area contributed by atoms with Crippen molar-refractivity contribution in [3.8, 4) is 22.9 Å². The van der Waals surface area contributed by atoms with Crippen LogP contribution in [0, 0.1) is 0 Å². The molecule has 0 aliphatic carbocycles. The van der Waals surface area contributed by atoms with E-state index in [2.05, 4.69) is 14.7 Å². The molecule has 0 aliphatic heterocycles. The van der Waals surface area contributed by atoms with E-state index in [9.17, 15) is 0 Å². The van der Waals surface area contributed by atoms with Gasteiger partial charge in [-0.1, -0.05) is 42.5 Å². The van der Waals surface area contributed by atoms with Crippen molar-refractivity contribution in [3.05, 3.63) is 54.1 Å². The average Bonchev–Trinajstić information content (AvgIpc) is 3.09. The van der Waals surface area contributed by atoms with Crippen molar-refractivity contribution in [3.63, 3.8) is 0 Å². The lowest BCUT2D eigenvalue weighted by Gasteiger charge is -2.12. The molecule has 0 saturated carbocycles. The molecule has 3 rings (SSSR count). The van der Waals surface area contributed by atoms with E-state index in [0.29, 0.717) is 12.3 Å². The number of para-hydroxylation sites is 1. The highest BCUT2D eigenvalue weighted by molar-refractivity contribution is 7.09. The topological polar surface area (TPSA) is 56.3 Å². The molecule has 1 heterocycles. The van der Waals surface area contributed by atoms with E-state index in [1.807, 2.05) is 48.5 Å². The minimum absolute atomic E-state index is 0.587. The van der Waals surface area contributed by atoms with Gasteiger partial charge in [0.2, 0.25) is 5.13 Å². The predicted octanol–water partition coefficient (Wildman–Crippen LogP) is 3.83. The van der Waals surface area contributed by atoms with Crippen LogP contribution in [0.15, 0.2) is 48.5 Å². The van der Waals surface area contributed by atoms with Crippen LogP contribution in [-0.4, -0.2) is 23.6 Å². The third-order valence-electron chi connectivity index (χ3n) is 3.37. The summed E-state index contributed by atoms with van der Waals surface area (Å²) in [6.45, 7) is 0.587. The summed E-state index contributed by atoms with van der Waals surface area (Å²) in [5.41, 5.74) is 2.01. The summed E-state index contributed by atoms with van der Waals surface area (Å²) in [6, 6.07) is 15.7. The Morgan fingerprint density at radius 3 is 2.57 bits per heavy atom. The van der Waals surface area contributed by atoms with Gasteiger partial charge in [0.15, 0.2) is 17.3 Å². The fourth-order valence-corrected chi connectivity index (χ4v) is 2.85. The Hall–Kier alpha value is -2.60. The summed E-state index contributed by atoms with van der Waals surface area (Å²) in [7, 11) is 3.27. The van der Waals surface area contributed by atoms with Gasteiger partial charge in [-0.05, 0) is 6.07 Å². The maximum atomic E-state index is 5.43. The first kappa shape index (κ1) is 15.3. The first-order valence-corrected chi connectivity index (χ1v) is 7.92. The van der Waals surface area contributed by atoms with E-state index >= 15 is 0 Å². The van der Waals surface area contributed by atoms with Crippen LogP contribution in [0.4, 0.5) is 5.13 Å². The zero-order valence-corrected chi connectivity index (χ0v) is 13.8. The molecular formula is C17H17N3O2S. The van der Waals surface area contributed by atoms with Gasteiger partial charge in [-0.15, -0.1) is 0 Å². The van der Waals surface area contributed by atoms with Gasteiger partial charge in [-0.2, -0.15) is 9.36 Å². The average molecular weight is 327 g/mol. The molecule has 0 radical (unpaired) electrons. The molecule has 0 fully saturated rings. The molecule has 23 heavy (non-hydrogen) atoms. The number of benzene rings is 2. The predicted molar refractivity (Wildman–Crippen MR) is 92.2 cm³/mol. The third-order valence-corrected chi connectivity index (χ3v) is 4.05. The normalized spacial score (nSPS) is 10.3. The Morgan fingerprint density at radius 2 is 1.83 bits per heavy atom. The van der Waals surface area contributed by atoms with Crippen molar-refractivity contribution in [2.75, 3.05) is 19.5 Å². The molecule has 5 nitrogen and oxygen atoms in total. The van der Waals surface area contributed by atoms with Crippen LogP contribution in [0.5, 0.6) is 11.5 Å². The van der Waals surface area contributed by atoms with Gasteiger partial charge in [0.1, 0.15) is 0 Å². The van der Waals surface area contributed by atoms with Crippen molar-refractivity contribution in [1.29, 1.82) is 0 Å². The van der Waals surface area contributed by atoms with Crippen LogP contribution < -0.4 is 14.8 Å². The van der Waals surface area contributed by atoms with Crippen LogP contribution in [0.1, 0.15) is 5.56 Å². The second-order valence-electron chi connectivity index (χ2n) is 4.80. The highest BCUT2D eigenvalue weighted by Crippen LogP contribution is 2.31. The van der Waals surface area contributed by atoms with Crippen LogP contribution in [-0.2, 0) is 6.54 Å². The minimum Gasteiger partial charge on any atom is -0.493 e. The highest BCUT2D eigenvalue weighted by atomic mass is 32.1. The second kappa shape index (κ2) is 7.11. The van der Waals surface area contributed by atoms with Crippen LogP contribution >= 0.6 is 11.5 Å². The van der Waals surface area contributed by atoms with Crippen LogP contribution in [0.3, 0.4) is 0 Å². The Kier molecular flexibility index (Phi) is 4.73. The smallest absolute Gasteiger partial charge is 0.203 e. The monoisotopic (exact) mass is 327 g/mol. The summed E-state index contributed by atoms with van der Waals surface area (Å²) >= 11 is 1.34. The molecule has 0 atom stereocenters. The largest absolute Gasteiger partial charge is 0.493 e. The molecule has 1 aromatic heterocycles. The number of anilines is 1. The number of hydrogen-bond acceptors (Lipinski definition) is 6. The maximum Gasteiger partial charge on any atom is 0.203 e. The zero-order valence-electron chi connectivity index (χ0n) is 12.9. The molecule has 0 aliphatic rings. The Morgan fingerprint density at radius 1 is 1.00 bits per heavy atom. The quantitative estimate of drug-likeness (QED) is 0.745. The number of nitrogens with zero attached hydrogens (tertiary/aromatic N) is 2. The number of rotatable bonds is 6. The fourth-order valence-electron chi connectivity index (χ4n) is 2.26. The standard InChI is InChI=1S/C17H17N3O2S/c1-21-14-10-6-9-13(15(14)22-2)11-18-17-19-16(20-23-17)12-7-4-3-5-8-12/h3-10H,11H2,1-2H3,(H,18,19,20). The van der Waals surface area contributed by atoms with E-state index in [1.54, 1.807) is 14.2 Å². The number of aromatic nitrogens is 2. The molecule has 2 aromatic carbocycles. The van der Waals surface area contributed by atoms with Crippen molar-refractivity contribution in [1.82, 2.24) is 9.36 Å². The van der Waals surface area contributed by atoms with E-state index in [-0.39, 0.29) is 0 Å². The lowest BCUT2D eigenvalue weighted by Crippen LogP contribution is -2.02. The van der Waals surface area contributed by atoms with Crippen LogP contribution in [0.25, 0.3) is 11.4 Å². The zero-order chi connectivity index (χ0) is 16.1. The van der Waals surface area contributed by atoms with E-state index in [0.717, 1.165) is 27.8 Å². The molecule has 0 saturated heterocycles. The second-order valence-corrected chi connectivity index (χ2v) is 5.55. The highest BCUT2D eigenvalue weighted by Gasteiger charge is 2.11. The molecular weight excluding hydrogens is 310 g/mol. The van der Waals surface area contributed by atoms with Gasteiger partial charge in [0.25, 0.3) is 0 Å². The summed E-state index contributed by atoms with van der Waals surface area (Å²) in [4.78, 5) is 4.52. The molecule has 0 amide bonds. The lowest BCUT2D eigenvalue weighted by molar-refractivity contribution is 0.352. The van der Waals surface area contributed by atoms with Crippen molar-refractivity contribution in [2.45, 2.75) is 6.54 Å². The minimum atomic E-state index is 0.587. The van der Waals surface area contributed by atoms with Gasteiger partial charge < -0.3 is 14.8 Å². The van der Waals surface area contributed by atoms with Crippen molar-refractivity contribution < 1.29 is 9.47 Å². The van der Waals surface area contributed by atoms with E-state index < -0.39 is 0 Å². The van der Waals surface area contributed by atoms with Gasteiger partial charge in [-0.25, -0.2) is 0 Å². The molecule has 0 spiro atoms. The number of hydrogen-bond donors (Lipinski definition) is 1. The maximum absolute atomic E-state index is 5.43. The SMILES string of the molecule is COc1cccc(CNc2nc(-c3ccccc3)ns2)c1OC. The summed E-state index contributed by atoms with van der Waals surface area (Å²) in [5.74, 6) is 2.18. The van der Waals surface area contributed by atoms with Crippen LogP contribution in [0.2, 0.25) is 0 Å². The van der Waals surface area contributed by atoms with Gasteiger partial charge in [-0.3, -0.25) is 0 Å². The van der Waals surface area contributed by atoms with Gasteiger partial charge in [0.05, 0.1) is 14.2 Å².